The number of hydrogen-bond donors (Lipinski definition) is 1. The monoisotopic (exact) mass is 387 g/mol. The number of amides is 1. The molecule has 3 rings (SSSR count). The second kappa shape index (κ2) is 8.51. The molecule has 0 aliphatic carbocycles. The average Bonchev–Trinajstić information content (AvgIpc) is 3.10. The number of hydrogen-bond acceptors (Lipinski definition) is 5. The summed E-state index contributed by atoms with van der Waals surface area (Å²) in [5.74, 6) is 0.192. The lowest BCUT2D eigenvalue weighted by Crippen LogP contribution is -2.27. The molecule has 3 aromatic rings. The smallest absolute Gasteiger partial charge is 0.276 e. The summed E-state index contributed by atoms with van der Waals surface area (Å²) in [5.41, 5.74) is 2.38. The molecule has 0 bridgehead atoms. The van der Waals surface area contributed by atoms with Crippen molar-refractivity contribution in [3.8, 4) is 5.69 Å². The van der Waals surface area contributed by atoms with Crippen LogP contribution in [0.25, 0.3) is 15.9 Å². The van der Waals surface area contributed by atoms with Crippen LogP contribution in [0.4, 0.5) is 0 Å². The van der Waals surface area contributed by atoms with E-state index >= 15 is 0 Å². The van der Waals surface area contributed by atoms with E-state index in [4.69, 9.17) is 0 Å². The van der Waals surface area contributed by atoms with Crippen molar-refractivity contribution in [3.05, 3.63) is 51.6 Å². The first-order chi connectivity index (χ1) is 12.6. The number of carbonyl (C=O) groups is 1. The highest BCUT2D eigenvalue weighted by atomic mass is 32.2. The number of rotatable bonds is 7. The van der Waals surface area contributed by atoms with Gasteiger partial charge >= 0.3 is 0 Å². The third-order valence-corrected chi connectivity index (χ3v) is 5.82. The largest absolute Gasteiger partial charge is 0.355 e. The number of nitrogens with one attached hydrogen (secondary N) is 1. The zero-order chi connectivity index (χ0) is 18.5. The number of para-hydroxylation sites is 1. The fourth-order valence-corrected chi connectivity index (χ4v) is 4.20. The number of unbranched alkanes of at least 4 members (excludes halogenated alkanes) is 1. The van der Waals surface area contributed by atoms with Gasteiger partial charge in [0.25, 0.3) is 5.56 Å². The van der Waals surface area contributed by atoms with Crippen LogP contribution in [0, 0.1) is 6.92 Å². The molecule has 26 heavy (non-hydrogen) atoms. The summed E-state index contributed by atoms with van der Waals surface area (Å²) in [4.78, 5) is 29.7. The summed E-state index contributed by atoms with van der Waals surface area (Å²) in [6.45, 7) is 4.73. The normalized spacial score (nSPS) is 11.0. The number of fused-ring (bicyclic) bond motifs is 1. The van der Waals surface area contributed by atoms with Gasteiger partial charge in [-0.15, -0.1) is 11.3 Å². The van der Waals surface area contributed by atoms with Gasteiger partial charge in [-0.25, -0.2) is 4.98 Å². The number of benzene rings is 1. The summed E-state index contributed by atoms with van der Waals surface area (Å²) in [5, 5.41) is 5.31. The summed E-state index contributed by atoms with van der Waals surface area (Å²) >= 11 is 2.68. The number of aryl methyl sites for hydroxylation is 1. The molecule has 0 saturated carbocycles. The molecule has 0 spiro atoms. The van der Waals surface area contributed by atoms with Gasteiger partial charge in [0.1, 0.15) is 4.70 Å². The Labute approximate surface area is 160 Å². The first kappa shape index (κ1) is 18.7. The highest BCUT2D eigenvalue weighted by molar-refractivity contribution is 7.99. The van der Waals surface area contributed by atoms with Gasteiger partial charge in [-0.2, -0.15) is 0 Å². The lowest BCUT2D eigenvalue weighted by molar-refractivity contribution is -0.118. The van der Waals surface area contributed by atoms with E-state index in [-0.39, 0.29) is 17.2 Å². The third-order valence-electron chi connectivity index (χ3n) is 3.99. The Balaban J connectivity index is 1.96. The van der Waals surface area contributed by atoms with E-state index in [9.17, 15) is 9.59 Å². The minimum absolute atomic E-state index is 0.0422. The summed E-state index contributed by atoms with van der Waals surface area (Å²) in [6.07, 6.45) is 2.00. The maximum Gasteiger partial charge on any atom is 0.276 e. The SMILES string of the molecule is CCCCNC(=O)CSc1nc2ccsc2c(=O)n1-c1ccccc1C. The fourth-order valence-electron chi connectivity index (χ4n) is 2.60. The molecule has 1 aromatic carbocycles. The molecular formula is C19H21N3O2S2. The van der Waals surface area contributed by atoms with Crippen molar-refractivity contribution in [2.75, 3.05) is 12.3 Å². The zero-order valence-corrected chi connectivity index (χ0v) is 16.5. The Kier molecular flexibility index (Phi) is 6.11. The van der Waals surface area contributed by atoms with Crippen molar-refractivity contribution in [2.24, 2.45) is 0 Å². The van der Waals surface area contributed by atoms with Crippen LogP contribution < -0.4 is 10.9 Å². The van der Waals surface area contributed by atoms with Gasteiger partial charge in [-0.3, -0.25) is 14.2 Å². The third kappa shape index (κ3) is 3.99. The predicted molar refractivity (Wildman–Crippen MR) is 109 cm³/mol. The van der Waals surface area contributed by atoms with Crippen molar-refractivity contribution in [3.63, 3.8) is 0 Å². The van der Waals surface area contributed by atoms with E-state index in [1.807, 2.05) is 42.6 Å². The maximum absolute atomic E-state index is 13.0. The Morgan fingerprint density at radius 3 is 2.88 bits per heavy atom. The van der Waals surface area contributed by atoms with E-state index in [2.05, 4.69) is 17.2 Å². The van der Waals surface area contributed by atoms with E-state index in [1.165, 1.54) is 23.1 Å². The van der Waals surface area contributed by atoms with Gasteiger partial charge in [0.05, 0.1) is 17.0 Å². The molecule has 2 heterocycles. The highest BCUT2D eigenvalue weighted by Crippen LogP contribution is 2.24. The van der Waals surface area contributed by atoms with Crippen LogP contribution >= 0.6 is 23.1 Å². The minimum atomic E-state index is -0.0896. The quantitative estimate of drug-likeness (QED) is 0.381. The second-order valence-corrected chi connectivity index (χ2v) is 7.81. The molecule has 0 atom stereocenters. The van der Waals surface area contributed by atoms with Crippen LogP contribution in [-0.4, -0.2) is 27.8 Å². The molecule has 7 heteroatoms. The van der Waals surface area contributed by atoms with E-state index in [1.54, 1.807) is 4.57 Å². The first-order valence-electron chi connectivity index (χ1n) is 8.57. The molecule has 0 aliphatic heterocycles. The molecule has 0 unspecified atom stereocenters. The molecule has 1 N–H and O–H groups in total. The average molecular weight is 388 g/mol. The van der Waals surface area contributed by atoms with Crippen LogP contribution in [0.3, 0.4) is 0 Å². The van der Waals surface area contributed by atoms with Crippen LogP contribution in [0.5, 0.6) is 0 Å². The minimum Gasteiger partial charge on any atom is -0.355 e. The van der Waals surface area contributed by atoms with E-state index in [0.717, 1.165) is 24.1 Å². The standard InChI is InChI=1S/C19H21N3O2S2/c1-3-4-10-20-16(23)12-26-19-21-14-9-11-25-17(14)18(24)22(19)15-8-6-5-7-13(15)2/h5-9,11H,3-4,10,12H2,1-2H3,(H,20,23). The van der Waals surface area contributed by atoms with Crippen molar-refractivity contribution in [1.29, 1.82) is 0 Å². The van der Waals surface area contributed by atoms with Crippen molar-refractivity contribution >= 4 is 39.2 Å². The molecule has 0 aliphatic rings. The van der Waals surface area contributed by atoms with Gasteiger partial charge in [-0.1, -0.05) is 43.3 Å². The highest BCUT2D eigenvalue weighted by Gasteiger charge is 2.16. The Morgan fingerprint density at radius 1 is 1.31 bits per heavy atom. The van der Waals surface area contributed by atoms with Gasteiger partial charge in [-0.05, 0) is 36.4 Å². The maximum atomic E-state index is 13.0. The van der Waals surface area contributed by atoms with Crippen LogP contribution in [0.1, 0.15) is 25.3 Å². The molecule has 5 nitrogen and oxygen atoms in total. The van der Waals surface area contributed by atoms with Crippen molar-refractivity contribution in [2.45, 2.75) is 31.8 Å². The number of thioether (sulfide) groups is 1. The second-order valence-electron chi connectivity index (χ2n) is 5.95. The Hall–Kier alpha value is -2.12. The summed E-state index contributed by atoms with van der Waals surface area (Å²) in [7, 11) is 0. The molecule has 0 fully saturated rings. The molecule has 2 aromatic heterocycles. The number of nitrogens with zero attached hydrogens (tertiary/aromatic N) is 2. The lowest BCUT2D eigenvalue weighted by Gasteiger charge is -2.14. The number of aromatic nitrogens is 2. The van der Waals surface area contributed by atoms with Crippen LogP contribution in [0.2, 0.25) is 0 Å². The van der Waals surface area contributed by atoms with E-state index < -0.39 is 0 Å². The topological polar surface area (TPSA) is 64.0 Å². The van der Waals surface area contributed by atoms with Gasteiger partial charge < -0.3 is 5.32 Å². The fraction of sp³-hybridized carbons (Fsp3) is 0.316. The predicted octanol–water partition coefficient (Wildman–Crippen LogP) is 3.76. The van der Waals surface area contributed by atoms with Gasteiger partial charge in [0.2, 0.25) is 5.91 Å². The van der Waals surface area contributed by atoms with E-state index in [0.29, 0.717) is 21.9 Å². The molecule has 1 amide bonds. The Morgan fingerprint density at radius 2 is 2.12 bits per heavy atom. The van der Waals surface area contributed by atoms with Gasteiger partial charge in [0, 0.05) is 6.54 Å². The summed E-state index contributed by atoms with van der Waals surface area (Å²) < 4.78 is 2.25. The molecule has 0 radical (unpaired) electrons. The molecule has 136 valence electrons. The molecular weight excluding hydrogens is 366 g/mol. The Bertz CT molecular complexity index is 978. The number of carbonyl (C=O) groups excluding carboxylic acids is 1. The van der Waals surface area contributed by atoms with Crippen molar-refractivity contribution < 1.29 is 4.79 Å². The van der Waals surface area contributed by atoms with Crippen LogP contribution in [-0.2, 0) is 4.79 Å². The van der Waals surface area contributed by atoms with Crippen LogP contribution in [0.15, 0.2) is 45.7 Å². The summed E-state index contributed by atoms with van der Waals surface area (Å²) in [6, 6.07) is 9.55. The van der Waals surface area contributed by atoms with Crippen molar-refractivity contribution in [1.82, 2.24) is 14.9 Å². The molecule has 0 saturated heterocycles. The lowest BCUT2D eigenvalue weighted by atomic mass is 10.2. The zero-order valence-electron chi connectivity index (χ0n) is 14.8. The first-order valence-corrected chi connectivity index (χ1v) is 10.4. The number of thiophene rings is 1. The van der Waals surface area contributed by atoms with Gasteiger partial charge in [0.15, 0.2) is 5.16 Å².